The minimum Gasteiger partial charge on any atom is -0.497 e. The van der Waals surface area contributed by atoms with Crippen molar-refractivity contribution in [3.8, 4) is 11.5 Å². The van der Waals surface area contributed by atoms with E-state index in [0.29, 0.717) is 35.0 Å². The Morgan fingerprint density at radius 3 is 2.15 bits per heavy atom. The molecule has 3 amide bonds. The number of anilines is 2. The second-order valence-corrected chi connectivity index (χ2v) is 10.1. The zero-order chi connectivity index (χ0) is 29.0. The third-order valence-corrected chi connectivity index (χ3v) is 7.24. The third kappa shape index (κ3) is 8.30. The second kappa shape index (κ2) is 14.8. The van der Waals surface area contributed by atoms with Gasteiger partial charge in [0, 0.05) is 30.8 Å². The average molecular weight is 559 g/mol. The van der Waals surface area contributed by atoms with Crippen molar-refractivity contribution in [2.45, 2.75) is 63.5 Å². The lowest BCUT2D eigenvalue weighted by atomic mass is 9.94. The first kappa shape index (κ1) is 29.6. The zero-order valence-corrected chi connectivity index (χ0v) is 23.7. The van der Waals surface area contributed by atoms with E-state index in [1.165, 1.54) is 11.3 Å². The summed E-state index contributed by atoms with van der Waals surface area (Å²) >= 11 is 0. The number of nitrogens with zero attached hydrogens (tertiary/aromatic N) is 2. The second-order valence-electron chi connectivity index (χ2n) is 10.1. The molecule has 0 radical (unpaired) electrons. The summed E-state index contributed by atoms with van der Waals surface area (Å²) in [7, 11) is 3.16. The topological polar surface area (TPSA) is 110 Å². The van der Waals surface area contributed by atoms with E-state index in [2.05, 4.69) is 15.6 Å². The maximum Gasteiger partial charge on any atom is 0.248 e. The Kier molecular flexibility index (Phi) is 10.7. The normalized spacial score (nSPS) is 14.0. The molecule has 0 spiro atoms. The molecule has 9 heteroatoms. The number of carbonyl (C=O) groups is 3. The highest BCUT2D eigenvalue weighted by Crippen LogP contribution is 2.32. The summed E-state index contributed by atoms with van der Waals surface area (Å²) in [6.45, 7) is 0. The molecule has 3 aromatic rings. The highest BCUT2D eigenvalue weighted by Gasteiger charge is 2.34. The summed E-state index contributed by atoms with van der Waals surface area (Å²) in [5.74, 6) is 1.03. The van der Waals surface area contributed by atoms with Gasteiger partial charge in [0.2, 0.25) is 17.7 Å². The van der Waals surface area contributed by atoms with E-state index >= 15 is 0 Å². The molecule has 0 bridgehead atoms. The molecular formula is C32H38N4O5. The number of amides is 3. The first-order valence-electron chi connectivity index (χ1n) is 14.1. The fourth-order valence-electron chi connectivity index (χ4n) is 5.07. The highest BCUT2D eigenvalue weighted by molar-refractivity contribution is 6.01. The number of carbonyl (C=O) groups excluding carboxylic acids is 3. The predicted molar refractivity (Wildman–Crippen MR) is 158 cm³/mol. The van der Waals surface area contributed by atoms with Gasteiger partial charge in [0.25, 0.3) is 0 Å². The van der Waals surface area contributed by atoms with Gasteiger partial charge in [-0.05, 0) is 73.4 Å². The van der Waals surface area contributed by atoms with Crippen LogP contribution in [-0.4, -0.2) is 43.0 Å². The van der Waals surface area contributed by atoms with Crippen LogP contribution >= 0.6 is 0 Å². The Balaban J connectivity index is 1.59. The molecule has 9 nitrogen and oxygen atoms in total. The quantitative estimate of drug-likeness (QED) is 0.307. The molecule has 1 fully saturated rings. The van der Waals surface area contributed by atoms with Gasteiger partial charge in [-0.25, -0.2) is 4.98 Å². The maximum atomic E-state index is 14.0. The Morgan fingerprint density at radius 1 is 0.878 bits per heavy atom. The van der Waals surface area contributed by atoms with E-state index in [-0.39, 0.29) is 36.6 Å². The fraction of sp³-hybridized carbons (Fsp3) is 0.375. The monoisotopic (exact) mass is 558 g/mol. The number of hydrogen-bond donors (Lipinski definition) is 2. The van der Waals surface area contributed by atoms with Gasteiger partial charge in [0.1, 0.15) is 23.4 Å². The minimum absolute atomic E-state index is 0.0695. The van der Waals surface area contributed by atoms with Crippen molar-refractivity contribution < 1.29 is 23.9 Å². The van der Waals surface area contributed by atoms with Crippen molar-refractivity contribution in [2.75, 3.05) is 24.4 Å². The van der Waals surface area contributed by atoms with Gasteiger partial charge in [0.15, 0.2) is 0 Å². The number of pyridine rings is 1. The van der Waals surface area contributed by atoms with E-state index in [1.54, 1.807) is 75.0 Å². The average Bonchev–Trinajstić information content (AvgIpc) is 3.01. The van der Waals surface area contributed by atoms with Gasteiger partial charge in [-0.3, -0.25) is 19.3 Å². The van der Waals surface area contributed by atoms with Gasteiger partial charge in [-0.2, -0.15) is 0 Å². The lowest BCUT2D eigenvalue weighted by Crippen LogP contribution is -2.47. The van der Waals surface area contributed by atoms with Crippen molar-refractivity contribution in [3.63, 3.8) is 0 Å². The number of hydrogen-bond acceptors (Lipinski definition) is 6. The minimum atomic E-state index is -0.911. The van der Waals surface area contributed by atoms with E-state index in [0.717, 1.165) is 25.7 Å². The van der Waals surface area contributed by atoms with Crippen LogP contribution in [0.4, 0.5) is 11.5 Å². The van der Waals surface area contributed by atoms with Gasteiger partial charge in [-0.1, -0.05) is 37.5 Å². The Morgan fingerprint density at radius 2 is 1.54 bits per heavy atom. The molecule has 0 aliphatic heterocycles. The summed E-state index contributed by atoms with van der Waals surface area (Å²) in [6, 6.07) is 18.7. The van der Waals surface area contributed by atoms with Crippen LogP contribution in [0.15, 0.2) is 72.9 Å². The number of rotatable bonds is 12. The van der Waals surface area contributed by atoms with Gasteiger partial charge in [-0.15, -0.1) is 0 Å². The molecule has 41 heavy (non-hydrogen) atoms. The molecule has 1 heterocycles. The molecule has 216 valence electrons. The third-order valence-electron chi connectivity index (χ3n) is 7.24. The summed E-state index contributed by atoms with van der Waals surface area (Å²) in [5, 5.41) is 5.96. The molecule has 4 rings (SSSR count). The van der Waals surface area contributed by atoms with Gasteiger partial charge < -0.3 is 20.1 Å². The number of ether oxygens (including phenoxy) is 2. The van der Waals surface area contributed by atoms with Crippen LogP contribution in [0.5, 0.6) is 11.5 Å². The summed E-state index contributed by atoms with van der Waals surface area (Å²) in [4.78, 5) is 46.0. The Labute approximate surface area is 241 Å². The maximum absolute atomic E-state index is 14.0. The summed E-state index contributed by atoms with van der Waals surface area (Å²) in [6.07, 6.45) is 7.27. The van der Waals surface area contributed by atoms with Crippen molar-refractivity contribution in [3.05, 3.63) is 78.5 Å². The van der Waals surface area contributed by atoms with Crippen molar-refractivity contribution in [1.82, 2.24) is 10.3 Å². The lowest BCUT2D eigenvalue weighted by Gasteiger charge is -2.33. The molecule has 2 N–H and O–H groups in total. The summed E-state index contributed by atoms with van der Waals surface area (Å²) in [5.41, 5.74) is 1.23. The first-order valence-corrected chi connectivity index (χ1v) is 14.1. The zero-order valence-electron chi connectivity index (χ0n) is 23.7. The highest BCUT2D eigenvalue weighted by atomic mass is 16.5. The van der Waals surface area contributed by atoms with Crippen LogP contribution in [0.3, 0.4) is 0 Å². The smallest absolute Gasteiger partial charge is 0.248 e. The fourth-order valence-corrected chi connectivity index (χ4v) is 5.07. The Bertz CT molecular complexity index is 1280. The molecule has 1 saturated carbocycles. The molecule has 2 aromatic carbocycles. The summed E-state index contributed by atoms with van der Waals surface area (Å²) < 4.78 is 10.7. The largest absolute Gasteiger partial charge is 0.497 e. The standard InChI is InChI=1S/C32H38N4O5/c1-40-26-18-14-23(15-19-26)31(32(39)34-24-9-4-3-5-10-24)36(25-16-20-27(41-2)21-17-25)30(38)13-8-12-29(37)35-28-11-6-7-22-33-28/h6-7,11,14-22,24,31H,3-5,8-10,12-13H2,1-2H3,(H,34,39)(H,33,35,37)/t31-/m0/s1. The number of benzene rings is 2. The van der Waals surface area contributed by atoms with Gasteiger partial charge in [0.05, 0.1) is 14.2 Å². The molecule has 1 aliphatic rings. The number of nitrogens with one attached hydrogen (secondary N) is 2. The van der Waals surface area contributed by atoms with Crippen LogP contribution in [0, 0.1) is 0 Å². The molecule has 1 atom stereocenters. The van der Waals surface area contributed by atoms with Crippen molar-refractivity contribution >= 4 is 29.2 Å². The van der Waals surface area contributed by atoms with E-state index in [1.807, 2.05) is 12.1 Å². The van der Waals surface area contributed by atoms with Crippen LogP contribution in [-0.2, 0) is 14.4 Å². The van der Waals surface area contributed by atoms with Crippen molar-refractivity contribution in [2.24, 2.45) is 0 Å². The van der Waals surface area contributed by atoms with Crippen LogP contribution in [0.25, 0.3) is 0 Å². The molecular weight excluding hydrogens is 520 g/mol. The van der Waals surface area contributed by atoms with Crippen LogP contribution < -0.4 is 25.0 Å². The van der Waals surface area contributed by atoms with Gasteiger partial charge >= 0.3 is 0 Å². The molecule has 1 aromatic heterocycles. The predicted octanol–water partition coefficient (Wildman–Crippen LogP) is 5.43. The lowest BCUT2D eigenvalue weighted by molar-refractivity contribution is -0.127. The SMILES string of the molecule is COc1ccc([C@@H](C(=O)NC2CCCCC2)N(C(=O)CCCC(=O)Nc2ccccn2)c2ccc(OC)cc2)cc1. The molecule has 0 unspecified atom stereocenters. The van der Waals surface area contributed by atoms with E-state index in [4.69, 9.17) is 9.47 Å². The van der Waals surface area contributed by atoms with Crippen LogP contribution in [0.1, 0.15) is 63.0 Å². The van der Waals surface area contributed by atoms with E-state index < -0.39 is 6.04 Å². The number of aromatic nitrogens is 1. The molecule has 1 aliphatic carbocycles. The number of methoxy groups -OCH3 is 2. The van der Waals surface area contributed by atoms with Crippen LogP contribution in [0.2, 0.25) is 0 Å². The Hall–Kier alpha value is -4.40. The van der Waals surface area contributed by atoms with E-state index in [9.17, 15) is 14.4 Å². The molecule has 0 saturated heterocycles. The van der Waals surface area contributed by atoms with Crippen molar-refractivity contribution in [1.29, 1.82) is 0 Å². The first-order chi connectivity index (χ1) is 20.0.